The fourth-order valence-corrected chi connectivity index (χ4v) is 4.03. The average Bonchev–Trinajstić information content (AvgIpc) is 3.55. The average molecular weight is 483 g/mol. The van der Waals surface area contributed by atoms with E-state index in [2.05, 4.69) is 20.7 Å². The van der Waals surface area contributed by atoms with Gasteiger partial charge in [0.25, 0.3) is 5.91 Å². The zero-order chi connectivity index (χ0) is 24.3. The normalized spacial score (nSPS) is 12.5. The van der Waals surface area contributed by atoms with Crippen LogP contribution in [-0.4, -0.2) is 42.5 Å². The molecule has 1 atom stereocenters. The Kier molecular flexibility index (Phi) is 6.64. The van der Waals surface area contributed by atoms with Crippen LogP contribution in [0.25, 0.3) is 10.7 Å². The summed E-state index contributed by atoms with van der Waals surface area (Å²) >= 11 is 1.48. The molecule has 4 aromatic rings. The fourth-order valence-electron chi connectivity index (χ4n) is 3.38. The summed E-state index contributed by atoms with van der Waals surface area (Å²) in [4.78, 5) is 30.4. The second-order valence-electron chi connectivity index (χ2n) is 8.81. The van der Waals surface area contributed by atoms with Gasteiger partial charge in [0.1, 0.15) is 23.8 Å². The van der Waals surface area contributed by atoms with Gasteiger partial charge in [-0.1, -0.05) is 6.07 Å². The Hall–Kier alpha value is -3.73. The lowest BCUT2D eigenvalue weighted by Crippen LogP contribution is -2.49. The lowest BCUT2D eigenvalue weighted by Gasteiger charge is -2.31. The quantitative estimate of drug-likeness (QED) is 0.408. The molecule has 10 nitrogen and oxygen atoms in total. The van der Waals surface area contributed by atoms with E-state index in [1.807, 2.05) is 38.3 Å². The number of hydrogen-bond acceptors (Lipinski definition) is 8. The minimum Gasteiger partial charge on any atom is -0.467 e. The predicted octanol–water partition coefficient (Wildman–Crippen LogP) is 3.58. The van der Waals surface area contributed by atoms with Crippen LogP contribution in [0.15, 0.2) is 56.9 Å². The van der Waals surface area contributed by atoms with Crippen molar-refractivity contribution in [1.29, 1.82) is 0 Å². The van der Waals surface area contributed by atoms with E-state index < -0.39 is 17.5 Å². The number of nitrogens with one attached hydrogen (secondary N) is 1. The number of thiophene rings is 1. The van der Waals surface area contributed by atoms with Gasteiger partial charge in [0.05, 0.1) is 17.7 Å². The molecule has 0 aliphatic carbocycles. The van der Waals surface area contributed by atoms with Crippen LogP contribution in [0.2, 0.25) is 0 Å². The predicted molar refractivity (Wildman–Crippen MR) is 124 cm³/mol. The largest absolute Gasteiger partial charge is 0.467 e. The lowest BCUT2D eigenvalue weighted by atomic mass is 10.1. The van der Waals surface area contributed by atoms with E-state index in [9.17, 15) is 9.59 Å². The number of aromatic nitrogens is 4. The highest BCUT2D eigenvalue weighted by molar-refractivity contribution is 7.13. The molecule has 0 saturated carbocycles. The number of amides is 2. The maximum Gasteiger partial charge on any atom is 0.251 e. The van der Waals surface area contributed by atoms with Crippen molar-refractivity contribution in [2.45, 2.75) is 52.4 Å². The van der Waals surface area contributed by atoms with E-state index in [0.29, 0.717) is 23.1 Å². The molecule has 0 radical (unpaired) electrons. The van der Waals surface area contributed by atoms with E-state index >= 15 is 0 Å². The number of aryl methyl sites for hydroxylation is 1. The number of furan rings is 2. The molecule has 11 heteroatoms. The summed E-state index contributed by atoms with van der Waals surface area (Å²) in [6.07, 6.45) is 1.52. The third-order valence-electron chi connectivity index (χ3n) is 4.79. The summed E-state index contributed by atoms with van der Waals surface area (Å²) in [7, 11) is 0. The third-order valence-corrected chi connectivity index (χ3v) is 5.65. The van der Waals surface area contributed by atoms with Crippen LogP contribution in [0.5, 0.6) is 0 Å². The van der Waals surface area contributed by atoms with Crippen LogP contribution >= 0.6 is 11.3 Å². The van der Waals surface area contributed by atoms with E-state index in [0.717, 1.165) is 4.88 Å². The summed E-state index contributed by atoms with van der Waals surface area (Å²) in [6.45, 7) is 7.25. The summed E-state index contributed by atoms with van der Waals surface area (Å²) in [5.74, 6) is 1.18. The van der Waals surface area contributed by atoms with Gasteiger partial charge in [-0.25, -0.2) is 0 Å². The molecule has 0 saturated heterocycles. The zero-order valence-electron chi connectivity index (χ0n) is 19.4. The molecule has 178 valence electrons. The van der Waals surface area contributed by atoms with Crippen molar-refractivity contribution >= 4 is 23.2 Å². The SMILES string of the molecule is Cc1ccc([C@@H](C(=O)NC(C)(C)C)N(Cc2ccco2)C(=O)Cn2nnc(-c3cccs3)n2)o1. The molecule has 0 aliphatic rings. The molecule has 4 aromatic heterocycles. The van der Waals surface area contributed by atoms with Gasteiger partial charge in [-0.3, -0.25) is 9.59 Å². The maximum atomic E-state index is 13.6. The van der Waals surface area contributed by atoms with Gasteiger partial charge in [-0.05, 0) is 68.6 Å². The molecule has 0 aromatic carbocycles. The molecule has 34 heavy (non-hydrogen) atoms. The number of hydrogen-bond donors (Lipinski definition) is 1. The third kappa shape index (κ3) is 5.60. The summed E-state index contributed by atoms with van der Waals surface area (Å²) in [5, 5.41) is 17.3. The van der Waals surface area contributed by atoms with Crippen LogP contribution in [0.1, 0.15) is 44.1 Å². The molecule has 0 unspecified atom stereocenters. The molecular formula is C23H26N6O4S. The summed E-state index contributed by atoms with van der Waals surface area (Å²) in [6, 6.07) is 9.68. The van der Waals surface area contributed by atoms with Gasteiger partial charge in [-0.15, -0.1) is 21.5 Å². The minimum atomic E-state index is -1.02. The van der Waals surface area contributed by atoms with Crippen LogP contribution in [0.3, 0.4) is 0 Å². The number of carbonyl (C=O) groups is 2. The monoisotopic (exact) mass is 482 g/mol. The van der Waals surface area contributed by atoms with Crippen molar-refractivity contribution in [3.63, 3.8) is 0 Å². The molecule has 0 fully saturated rings. The number of carbonyl (C=O) groups excluding carboxylic acids is 2. The minimum absolute atomic E-state index is 0.0558. The van der Waals surface area contributed by atoms with Crippen LogP contribution in [-0.2, 0) is 22.7 Å². The molecule has 4 rings (SSSR count). The molecule has 0 bridgehead atoms. The van der Waals surface area contributed by atoms with Crippen molar-refractivity contribution in [3.05, 3.63) is 65.3 Å². The topological polar surface area (TPSA) is 119 Å². The standard InChI is InChI=1S/C23H26N6O4S/c1-15-9-10-17(33-15)20(22(31)24-23(2,3)4)28(13-16-7-5-11-32-16)19(30)14-29-26-21(25-27-29)18-8-6-12-34-18/h5-12,20H,13-14H2,1-4H3,(H,24,31)/t20-/m0/s1. The van der Waals surface area contributed by atoms with Gasteiger partial charge in [0.2, 0.25) is 11.7 Å². The van der Waals surface area contributed by atoms with Gasteiger partial charge in [0.15, 0.2) is 6.04 Å². The zero-order valence-corrected chi connectivity index (χ0v) is 20.2. The first-order chi connectivity index (χ1) is 16.2. The van der Waals surface area contributed by atoms with Crippen LogP contribution in [0, 0.1) is 6.92 Å². The maximum absolute atomic E-state index is 13.6. The number of tetrazole rings is 1. The molecule has 0 spiro atoms. The van der Waals surface area contributed by atoms with E-state index in [1.165, 1.54) is 27.3 Å². The summed E-state index contributed by atoms with van der Waals surface area (Å²) in [5.41, 5.74) is -0.514. The highest BCUT2D eigenvalue weighted by Gasteiger charge is 2.36. The van der Waals surface area contributed by atoms with Crippen molar-refractivity contribution in [3.8, 4) is 10.7 Å². The van der Waals surface area contributed by atoms with Gasteiger partial charge < -0.3 is 19.1 Å². The van der Waals surface area contributed by atoms with Crippen molar-refractivity contribution in [1.82, 2.24) is 30.4 Å². The van der Waals surface area contributed by atoms with Crippen molar-refractivity contribution in [2.24, 2.45) is 0 Å². The van der Waals surface area contributed by atoms with Crippen LogP contribution in [0.4, 0.5) is 0 Å². The molecule has 1 N–H and O–H groups in total. The fraction of sp³-hybridized carbons (Fsp3) is 0.348. The Morgan fingerprint density at radius 1 is 1.21 bits per heavy atom. The summed E-state index contributed by atoms with van der Waals surface area (Å²) < 4.78 is 11.3. The number of rotatable bonds is 8. The first kappa shape index (κ1) is 23.4. The number of nitrogens with zero attached hydrogens (tertiary/aromatic N) is 5. The molecular weight excluding hydrogens is 456 g/mol. The van der Waals surface area contributed by atoms with Gasteiger partial charge >= 0.3 is 0 Å². The van der Waals surface area contributed by atoms with Gasteiger partial charge in [-0.2, -0.15) is 4.80 Å². The van der Waals surface area contributed by atoms with Crippen molar-refractivity contribution < 1.29 is 18.4 Å². The second kappa shape index (κ2) is 9.64. The Bertz CT molecular complexity index is 1240. The highest BCUT2D eigenvalue weighted by atomic mass is 32.1. The molecule has 0 aliphatic heterocycles. The first-order valence-electron chi connectivity index (χ1n) is 10.7. The second-order valence-corrected chi connectivity index (χ2v) is 9.76. The first-order valence-corrected chi connectivity index (χ1v) is 11.6. The lowest BCUT2D eigenvalue weighted by molar-refractivity contribution is -0.144. The van der Waals surface area contributed by atoms with E-state index in [1.54, 1.807) is 31.2 Å². The van der Waals surface area contributed by atoms with E-state index in [-0.39, 0.29) is 19.0 Å². The van der Waals surface area contributed by atoms with E-state index in [4.69, 9.17) is 8.83 Å². The Balaban J connectivity index is 1.66. The van der Waals surface area contributed by atoms with Crippen molar-refractivity contribution in [2.75, 3.05) is 0 Å². The Morgan fingerprint density at radius 2 is 2.03 bits per heavy atom. The Morgan fingerprint density at radius 3 is 2.65 bits per heavy atom. The molecule has 4 heterocycles. The smallest absolute Gasteiger partial charge is 0.251 e. The van der Waals surface area contributed by atoms with Gasteiger partial charge in [0, 0.05) is 5.54 Å². The molecule has 2 amide bonds. The highest BCUT2D eigenvalue weighted by Crippen LogP contribution is 2.27. The Labute approximate surface area is 200 Å². The van der Waals surface area contributed by atoms with Crippen LogP contribution < -0.4 is 5.32 Å².